The second kappa shape index (κ2) is 8.28. The molecular formula is C15H28N2S2. The van der Waals surface area contributed by atoms with Crippen molar-refractivity contribution in [3.05, 3.63) is 16.1 Å². The van der Waals surface area contributed by atoms with Crippen LogP contribution in [0.4, 0.5) is 0 Å². The summed E-state index contributed by atoms with van der Waals surface area (Å²) < 4.78 is 0. The van der Waals surface area contributed by atoms with Gasteiger partial charge in [-0.15, -0.1) is 11.3 Å². The van der Waals surface area contributed by atoms with E-state index in [1.165, 1.54) is 28.6 Å². The Morgan fingerprint density at radius 2 is 2.11 bits per heavy atom. The standard InChI is InChI=1S/C15H28N2S2/c1-6-8-16-12(10-18-7-2)9-14-17-13(11-19-14)15(3,4)5/h11-12,16H,6-10H2,1-5H3. The van der Waals surface area contributed by atoms with Gasteiger partial charge in [-0.3, -0.25) is 0 Å². The second-order valence-electron chi connectivity index (χ2n) is 5.89. The molecule has 110 valence electrons. The van der Waals surface area contributed by atoms with Crippen molar-refractivity contribution in [2.75, 3.05) is 18.1 Å². The van der Waals surface area contributed by atoms with Gasteiger partial charge in [0, 0.05) is 29.0 Å². The number of hydrogen-bond donors (Lipinski definition) is 1. The molecule has 19 heavy (non-hydrogen) atoms. The topological polar surface area (TPSA) is 24.9 Å². The average Bonchev–Trinajstić information content (AvgIpc) is 2.81. The monoisotopic (exact) mass is 300 g/mol. The predicted molar refractivity (Wildman–Crippen MR) is 89.6 cm³/mol. The van der Waals surface area contributed by atoms with Gasteiger partial charge in [-0.1, -0.05) is 34.6 Å². The molecule has 0 saturated heterocycles. The van der Waals surface area contributed by atoms with E-state index >= 15 is 0 Å². The zero-order chi connectivity index (χ0) is 14.3. The number of nitrogens with zero attached hydrogens (tertiary/aromatic N) is 1. The van der Waals surface area contributed by atoms with E-state index < -0.39 is 0 Å². The molecule has 2 nitrogen and oxygen atoms in total. The van der Waals surface area contributed by atoms with Gasteiger partial charge in [0.15, 0.2) is 0 Å². The van der Waals surface area contributed by atoms with Crippen LogP contribution in [0, 0.1) is 0 Å². The van der Waals surface area contributed by atoms with E-state index in [9.17, 15) is 0 Å². The molecule has 4 heteroatoms. The highest BCUT2D eigenvalue weighted by atomic mass is 32.2. The van der Waals surface area contributed by atoms with Crippen LogP contribution in [0.1, 0.15) is 51.7 Å². The maximum Gasteiger partial charge on any atom is 0.0944 e. The van der Waals surface area contributed by atoms with E-state index in [4.69, 9.17) is 4.98 Å². The lowest BCUT2D eigenvalue weighted by Gasteiger charge is -2.17. The Kier molecular flexibility index (Phi) is 7.40. The smallest absolute Gasteiger partial charge is 0.0944 e. The molecule has 1 rings (SSSR count). The highest BCUT2D eigenvalue weighted by molar-refractivity contribution is 7.99. The van der Waals surface area contributed by atoms with E-state index in [0.717, 1.165) is 13.0 Å². The van der Waals surface area contributed by atoms with Crippen molar-refractivity contribution in [2.45, 2.75) is 58.9 Å². The van der Waals surface area contributed by atoms with E-state index in [0.29, 0.717) is 6.04 Å². The Balaban J connectivity index is 2.59. The van der Waals surface area contributed by atoms with Crippen molar-refractivity contribution in [1.82, 2.24) is 10.3 Å². The van der Waals surface area contributed by atoms with Crippen molar-refractivity contribution >= 4 is 23.1 Å². The molecule has 1 heterocycles. The Labute approximate surface area is 126 Å². The summed E-state index contributed by atoms with van der Waals surface area (Å²) in [5.74, 6) is 2.37. The predicted octanol–water partition coefficient (Wildman–Crippen LogP) is 4.10. The third-order valence-electron chi connectivity index (χ3n) is 2.95. The van der Waals surface area contributed by atoms with Gasteiger partial charge < -0.3 is 5.32 Å². The first-order valence-corrected chi connectivity index (χ1v) is 9.26. The number of nitrogens with one attached hydrogen (secondary N) is 1. The zero-order valence-corrected chi connectivity index (χ0v) is 14.6. The third-order valence-corrected chi connectivity index (χ3v) is 4.86. The van der Waals surface area contributed by atoms with E-state index in [-0.39, 0.29) is 5.41 Å². The van der Waals surface area contributed by atoms with Crippen molar-refractivity contribution in [1.29, 1.82) is 0 Å². The molecule has 1 N–H and O–H groups in total. The van der Waals surface area contributed by atoms with E-state index in [1.54, 1.807) is 0 Å². The molecule has 0 aliphatic heterocycles. The number of hydrogen-bond acceptors (Lipinski definition) is 4. The lowest BCUT2D eigenvalue weighted by Crippen LogP contribution is -2.34. The van der Waals surface area contributed by atoms with Crippen LogP contribution >= 0.6 is 23.1 Å². The molecule has 0 amide bonds. The van der Waals surface area contributed by atoms with Crippen molar-refractivity contribution in [3.8, 4) is 0 Å². The van der Waals surface area contributed by atoms with Crippen LogP contribution in [0.25, 0.3) is 0 Å². The molecule has 1 unspecified atom stereocenters. The lowest BCUT2D eigenvalue weighted by atomic mass is 9.93. The second-order valence-corrected chi connectivity index (χ2v) is 8.15. The quantitative estimate of drug-likeness (QED) is 0.782. The van der Waals surface area contributed by atoms with Gasteiger partial charge in [0.1, 0.15) is 0 Å². The summed E-state index contributed by atoms with van der Waals surface area (Å²) >= 11 is 3.82. The van der Waals surface area contributed by atoms with Crippen molar-refractivity contribution < 1.29 is 0 Å². The third kappa shape index (κ3) is 6.28. The molecule has 1 aromatic heterocycles. The van der Waals surface area contributed by atoms with Crippen molar-refractivity contribution in [3.63, 3.8) is 0 Å². The van der Waals surface area contributed by atoms with E-state index in [2.05, 4.69) is 45.3 Å². The highest BCUT2D eigenvalue weighted by Crippen LogP contribution is 2.24. The molecule has 0 fully saturated rings. The van der Waals surface area contributed by atoms with Gasteiger partial charge in [-0.2, -0.15) is 11.8 Å². The number of thiazole rings is 1. The largest absolute Gasteiger partial charge is 0.313 e. The Morgan fingerprint density at radius 3 is 2.63 bits per heavy atom. The molecular weight excluding hydrogens is 272 g/mol. The zero-order valence-electron chi connectivity index (χ0n) is 13.0. The molecule has 0 aliphatic rings. The summed E-state index contributed by atoms with van der Waals surface area (Å²) in [6.07, 6.45) is 2.26. The van der Waals surface area contributed by atoms with Crippen LogP contribution < -0.4 is 5.32 Å². The van der Waals surface area contributed by atoms with Crippen LogP contribution in [0.2, 0.25) is 0 Å². The normalized spacial score (nSPS) is 13.7. The molecule has 0 spiro atoms. The fraction of sp³-hybridized carbons (Fsp3) is 0.800. The van der Waals surface area contributed by atoms with Gasteiger partial charge in [-0.25, -0.2) is 4.98 Å². The summed E-state index contributed by atoms with van der Waals surface area (Å²) in [6, 6.07) is 0.559. The van der Waals surface area contributed by atoms with Crippen LogP contribution in [0.5, 0.6) is 0 Å². The Morgan fingerprint density at radius 1 is 1.37 bits per heavy atom. The first-order chi connectivity index (χ1) is 8.97. The van der Waals surface area contributed by atoms with Crippen LogP contribution in [-0.4, -0.2) is 29.1 Å². The molecule has 1 aromatic rings. The molecule has 0 bridgehead atoms. The summed E-state index contributed by atoms with van der Waals surface area (Å²) in [5, 5.41) is 7.14. The van der Waals surface area contributed by atoms with Gasteiger partial charge in [0.05, 0.1) is 10.7 Å². The summed E-state index contributed by atoms with van der Waals surface area (Å²) in [5.41, 5.74) is 1.39. The number of thioether (sulfide) groups is 1. The Bertz CT molecular complexity index is 347. The lowest BCUT2D eigenvalue weighted by molar-refractivity contribution is 0.541. The fourth-order valence-corrected chi connectivity index (χ4v) is 3.62. The highest BCUT2D eigenvalue weighted by Gasteiger charge is 2.18. The molecule has 0 saturated carbocycles. The van der Waals surface area contributed by atoms with Crippen LogP contribution in [0.15, 0.2) is 5.38 Å². The number of aromatic nitrogens is 1. The van der Waals surface area contributed by atoms with Crippen molar-refractivity contribution in [2.24, 2.45) is 0 Å². The average molecular weight is 301 g/mol. The molecule has 0 aromatic carbocycles. The minimum atomic E-state index is 0.166. The fourth-order valence-electron chi connectivity index (χ4n) is 1.76. The maximum atomic E-state index is 4.81. The minimum absolute atomic E-state index is 0.166. The first-order valence-electron chi connectivity index (χ1n) is 7.23. The summed E-state index contributed by atoms with van der Waals surface area (Å²) in [7, 11) is 0. The first kappa shape index (κ1) is 17.0. The van der Waals surface area contributed by atoms with Gasteiger partial charge in [0.2, 0.25) is 0 Å². The minimum Gasteiger partial charge on any atom is -0.313 e. The summed E-state index contributed by atoms with van der Waals surface area (Å²) in [4.78, 5) is 4.81. The maximum absolute atomic E-state index is 4.81. The van der Waals surface area contributed by atoms with Gasteiger partial charge in [-0.05, 0) is 18.7 Å². The van der Waals surface area contributed by atoms with Gasteiger partial charge in [0.25, 0.3) is 0 Å². The summed E-state index contributed by atoms with van der Waals surface area (Å²) in [6.45, 7) is 12.2. The molecule has 0 aliphatic carbocycles. The number of rotatable bonds is 8. The Hall–Kier alpha value is -0.0600. The van der Waals surface area contributed by atoms with Crippen LogP contribution in [0.3, 0.4) is 0 Å². The van der Waals surface area contributed by atoms with Crippen LogP contribution in [-0.2, 0) is 11.8 Å². The van der Waals surface area contributed by atoms with Gasteiger partial charge >= 0.3 is 0 Å². The SMILES string of the molecule is CCCNC(CSCC)Cc1nc(C(C)(C)C)cs1. The van der Waals surface area contributed by atoms with E-state index in [1.807, 2.05) is 23.1 Å². The molecule has 0 radical (unpaired) electrons. The molecule has 1 atom stereocenters.